The lowest BCUT2D eigenvalue weighted by atomic mass is 9.88. The molecule has 2 aliphatic rings. The summed E-state index contributed by atoms with van der Waals surface area (Å²) in [5.41, 5.74) is 1.85. The van der Waals surface area contributed by atoms with Crippen LogP contribution in [0.3, 0.4) is 0 Å². The molecule has 0 spiro atoms. The molecule has 2 aromatic rings. The van der Waals surface area contributed by atoms with Crippen molar-refractivity contribution in [1.29, 1.82) is 0 Å². The fourth-order valence-electron chi connectivity index (χ4n) is 5.63. The summed E-state index contributed by atoms with van der Waals surface area (Å²) in [6.07, 6.45) is 8.15. The van der Waals surface area contributed by atoms with Crippen LogP contribution in [0.5, 0.6) is 0 Å². The monoisotopic (exact) mass is 511 g/mol. The minimum atomic E-state index is -0.0873. The fraction of sp³-hybridized carbons (Fsp3) is 0.643. The molecule has 1 amide bonds. The number of rotatable bonds is 9. The van der Waals surface area contributed by atoms with Gasteiger partial charge in [-0.2, -0.15) is 0 Å². The van der Waals surface area contributed by atoms with Gasteiger partial charge in [0, 0.05) is 58.9 Å². The van der Waals surface area contributed by atoms with E-state index in [0.717, 1.165) is 85.8 Å². The summed E-state index contributed by atoms with van der Waals surface area (Å²) in [7, 11) is 0. The smallest absolute Gasteiger partial charge is 0.223 e. The molecule has 2 aromatic heterocycles. The molecule has 7 nitrogen and oxygen atoms in total. The van der Waals surface area contributed by atoms with Crippen LogP contribution in [0.25, 0.3) is 0 Å². The highest BCUT2D eigenvalue weighted by atomic mass is 32.1. The Morgan fingerprint density at radius 2 is 1.94 bits per heavy atom. The van der Waals surface area contributed by atoms with Crippen molar-refractivity contribution in [1.82, 2.24) is 25.0 Å². The second-order valence-electron chi connectivity index (χ2n) is 10.8. The second-order valence-corrected chi connectivity index (χ2v) is 11.8. The number of aromatic nitrogens is 3. The van der Waals surface area contributed by atoms with E-state index in [4.69, 9.17) is 0 Å². The number of aryl methyl sites for hydroxylation is 1. The van der Waals surface area contributed by atoms with E-state index in [0.29, 0.717) is 12.0 Å². The van der Waals surface area contributed by atoms with Gasteiger partial charge in [0.25, 0.3) is 0 Å². The van der Waals surface area contributed by atoms with Crippen LogP contribution in [0, 0.1) is 12.8 Å². The van der Waals surface area contributed by atoms with Crippen LogP contribution in [0.2, 0.25) is 0 Å². The average Bonchev–Trinajstić information content (AvgIpc) is 3.50. The molecule has 1 N–H and O–H groups in total. The lowest BCUT2D eigenvalue weighted by Crippen LogP contribution is -2.38. The summed E-state index contributed by atoms with van der Waals surface area (Å²) in [5, 5.41) is 14.0. The Bertz CT molecular complexity index is 1080. The van der Waals surface area contributed by atoms with Crippen molar-refractivity contribution in [3.8, 4) is 0 Å². The fourth-order valence-corrected chi connectivity index (χ4v) is 6.67. The molecule has 0 aromatic carbocycles. The van der Waals surface area contributed by atoms with Gasteiger partial charge in [-0.3, -0.25) is 9.59 Å². The molecule has 1 aliphatic carbocycles. The Balaban J connectivity index is 1.42. The number of nitrogens with zero attached hydrogens (tertiary/aromatic N) is 4. The largest absolute Gasteiger partial charge is 0.375 e. The molecule has 3 heterocycles. The van der Waals surface area contributed by atoms with Crippen LogP contribution in [0.4, 0.5) is 0 Å². The van der Waals surface area contributed by atoms with E-state index in [1.165, 1.54) is 6.42 Å². The molecule has 8 heteroatoms. The first kappa shape index (κ1) is 26.6. The van der Waals surface area contributed by atoms with E-state index in [2.05, 4.69) is 45.4 Å². The number of hydrogen-bond donors (Lipinski definition) is 1. The van der Waals surface area contributed by atoms with E-state index in [1.54, 1.807) is 18.3 Å². The molecule has 4 rings (SSSR count). The molecule has 0 bridgehead atoms. The molecule has 196 valence electrons. The van der Waals surface area contributed by atoms with Crippen molar-refractivity contribution in [2.75, 3.05) is 13.1 Å². The van der Waals surface area contributed by atoms with E-state index in [1.807, 2.05) is 18.4 Å². The van der Waals surface area contributed by atoms with Crippen molar-refractivity contribution in [3.05, 3.63) is 45.8 Å². The van der Waals surface area contributed by atoms with Crippen LogP contribution in [-0.2, 0) is 4.79 Å². The second kappa shape index (κ2) is 11.7. The summed E-state index contributed by atoms with van der Waals surface area (Å²) < 4.78 is 2.30. The Morgan fingerprint density at radius 1 is 1.19 bits per heavy atom. The lowest BCUT2D eigenvalue weighted by molar-refractivity contribution is -0.126. The third kappa shape index (κ3) is 6.07. The normalized spacial score (nSPS) is 20.1. The molecule has 2 atom stereocenters. The maximum atomic E-state index is 13.1. The standard InChI is InChI=1S/C28H41N5O2S/c1-18(2)27-31-30-21(5)33(27)24-11-13-32(19(3)15-24)14-12-25(26-16-23(17-36-26)20(4)34)29-28(35)22-9-7-6-8-10-22/h16-18,22,24-25H,3,6-15H2,1-2,4-5H3,(H,29,35)/t24?,25-/m0/s1. The van der Waals surface area contributed by atoms with Gasteiger partial charge in [0.2, 0.25) is 5.91 Å². The molecular weight excluding hydrogens is 470 g/mol. The number of likely N-dealkylation sites (tertiary alicyclic amines) is 1. The quantitative estimate of drug-likeness (QED) is 0.421. The number of piperidine rings is 1. The lowest BCUT2D eigenvalue weighted by Gasteiger charge is -2.37. The molecule has 36 heavy (non-hydrogen) atoms. The van der Waals surface area contributed by atoms with Gasteiger partial charge in [0.05, 0.1) is 6.04 Å². The summed E-state index contributed by atoms with van der Waals surface area (Å²) in [4.78, 5) is 28.4. The third-order valence-electron chi connectivity index (χ3n) is 7.77. The first-order chi connectivity index (χ1) is 17.2. The van der Waals surface area contributed by atoms with Crippen LogP contribution >= 0.6 is 11.3 Å². The van der Waals surface area contributed by atoms with Gasteiger partial charge in [0.15, 0.2) is 5.78 Å². The SMILES string of the molecule is C=C1CC(n2c(C)nnc2C(C)C)CCN1CC[C@H](NC(=O)C1CCCCC1)c1cc(C(C)=O)cs1. The van der Waals surface area contributed by atoms with Gasteiger partial charge in [-0.05, 0) is 45.6 Å². The molecule has 2 fully saturated rings. The molecule has 1 saturated heterocycles. The predicted molar refractivity (Wildman–Crippen MR) is 144 cm³/mol. The van der Waals surface area contributed by atoms with E-state index >= 15 is 0 Å². The van der Waals surface area contributed by atoms with Gasteiger partial charge in [-0.15, -0.1) is 21.5 Å². The highest BCUT2D eigenvalue weighted by Gasteiger charge is 2.29. The summed E-state index contributed by atoms with van der Waals surface area (Å²) in [5.74, 6) is 2.69. The Hall–Kier alpha value is -2.48. The van der Waals surface area contributed by atoms with Crippen LogP contribution in [0.15, 0.2) is 23.7 Å². The zero-order valence-electron chi connectivity index (χ0n) is 22.3. The number of carbonyl (C=O) groups excluding carboxylic acids is 2. The molecule has 1 aliphatic heterocycles. The van der Waals surface area contributed by atoms with Gasteiger partial charge in [-0.25, -0.2) is 0 Å². The minimum absolute atomic E-state index is 0.0651. The van der Waals surface area contributed by atoms with Crippen molar-refractivity contribution < 1.29 is 9.59 Å². The first-order valence-corrected chi connectivity index (χ1v) is 14.4. The number of amides is 1. The van der Waals surface area contributed by atoms with Crippen molar-refractivity contribution in [3.63, 3.8) is 0 Å². The number of thiophene rings is 1. The van der Waals surface area contributed by atoms with Gasteiger partial charge in [0.1, 0.15) is 11.6 Å². The molecule has 1 unspecified atom stereocenters. The number of nitrogens with one attached hydrogen (secondary N) is 1. The number of ketones is 1. The Morgan fingerprint density at radius 3 is 2.58 bits per heavy atom. The molecule has 1 saturated carbocycles. The maximum absolute atomic E-state index is 13.1. The number of carbonyl (C=O) groups is 2. The summed E-state index contributed by atoms with van der Waals surface area (Å²) in [6, 6.07) is 2.20. The maximum Gasteiger partial charge on any atom is 0.223 e. The summed E-state index contributed by atoms with van der Waals surface area (Å²) in [6.45, 7) is 14.1. The van der Waals surface area contributed by atoms with E-state index in [-0.39, 0.29) is 23.7 Å². The zero-order valence-corrected chi connectivity index (χ0v) is 23.1. The van der Waals surface area contributed by atoms with Crippen LogP contribution < -0.4 is 5.32 Å². The topological polar surface area (TPSA) is 80.1 Å². The Kier molecular flexibility index (Phi) is 8.65. The van der Waals surface area contributed by atoms with Gasteiger partial charge < -0.3 is 14.8 Å². The number of allylic oxidation sites excluding steroid dienone is 1. The zero-order chi connectivity index (χ0) is 25.8. The van der Waals surface area contributed by atoms with E-state index < -0.39 is 0 Å². The molecule has 0 radical (unpaired) electrons. The predicted octanol–water partition coefficient (Wildman–Crippen LogP) is 5.95. The third-order valence-corrected chi connectivity index (χ3v) is 8.82. The van der Waals surface area contributed by atoms with Gasteiger partial charge >= 0.3 is 0 Å². The minimum Gasteiger partial charge on any atom is -0.375 e. The highest BCUT2D eigenvalue weighted by molar-refractivity contribution is 7.10. The highest BCUT2D eigenvalue weighted by Crippen LogP contribution is 2.34. The number of hydrogen-bond acceptors (Lipinski definition) is 6. The van der Waals surface area contributed by atoms with Gasteiger partial charge in [-0.1, -0.05) is 39.7 Å². The van der Waals surface area contributed by atoms with Crippen LogP contribution in [-0.4, -0.2) is 44.4 Å². The van der Waals surface area contributed by atoms with Crippen LogP contribution in [0.1, 0.15) is 117 Å². The Labute approximate surface area is 219 Å². The molecular formula is C28H41N5O2S. The summed E-state index contributed by atoms with van der Waals surface area (Å²) >= 11 is 1.57. The van der Waals surface area contributed by atoms with Crippen molar-refractivity contribution in [2.24, 2.45) is 5.92 Å². The number of Topliss-reactive ketones (excluding diaryl/α,β-unsaturated/α-hetero) is 1. The van der Waals surface area contributed by atoms with Crippen molar-refractivity contribution >= 4 is 23.0 Å². The van der Waals surface area contributed by atoms with E-state index in [9.17, 15) is 9.59 Å². The first-order valence-electron chi connectivity index (χ1n) is 13.5. The van der Waals surface area contributed by atoms with Crippen molar-refractivity contribution in [2.45, 2.75) is 97.1 Å². The average molecular weight is 512 g/mol.